The second-order valence-electron chi connectivity index (χ2n) is 6.36. The highest BCUT2D eigenvalue weighted by Crippen LogP contribution is 2.32. The molecule has 2 aromatic rings. The quantitative estimate of drug-likeness (QED) is 0.807. The van der Waals surface area contributed by atoms with Gasteiger partial charge >= 0.3 is 6.18 Å². The fraction of sp³-hybridized carbons (Fsp3) is 0.316. The minimum atomic E-state index is -4.75. The van der Waals surface area contributed by atoms with Crippen molar-refractivity contribution in [2.24, 2.45) is 0 Å². The summed E-state index contributed by atoms with van der Waals surface area (Å²) in [5, 5.41) is 6.10. The number of carbonyl (C=O) groups excluding carboxylic acids is 1. The first-order valence-electron chi connectivity index (χ1n) is 8.23. The lowest BCUT2D eigenvalue weighted by molar-refractivity contribution is -0.140. The van der Waals surface area contributed by atoms with Gasteiger partial charge in [0.1, 0.15) is 5.82 Å². The zero-order chi connectivity index (χ0) is 18.9. The van der Waals surface area contributed by atoms with Gasteiger partial charge in [0, 0.05) is 12.2 Å². The first-order valence-corrected chi connectivity index (χ1v) is 8.23. The van der Waals surface area contributed by atoms with E-state index in [0.29, 0.717) is 6.07 Å². The molecule has 26 heavy (non-hydrogen) atoms. The van der Waals surface area contributed by atoms with Gasteiger partial charge in [0.15, 0.2) is 0 Å². The molecule has 2 N–H and O–H groups in total. The second-order valence-corrected chi connectivity index (χ2v) is 6.36. The number of hydrogen-bond acceptors (Lipinski definition) is 2. The molecule has 1 aliphatic heterocycles. The van der Waals surface area contributed by atoms with Crippen molar-refractivity contribution in [2.75, 3.05) is 11.9 Å². The Morgan fingerprint density at radius 3 is 2.69 bits per heavy atom. The van der Waals surface area contributed by atoms with E-state index in [4.69, 9.17) is 0 Å². The molecule has 1 amide bonds. The molecule has 0 saturated heterocycles. The van der Waals surface area contributed by atoms with E-state index in [1.54, 1.807) is 0 Å². The topological polar surface area (TPSA) is 41.1 Å². The van der Waals surface area contributed by atoms with Gasteiger partial charge in [0.2, 0.25) is 5.91 Å². The Hall–Kier alpha value is -2.41. The maximum atomic E-state index is 13.7. The van der Waals surface area contributed by atoms with E-state index in [1.807, 2.05) is 19.1 Å². The number of amides is 1. The SMILES string of the molecule is Cc1ccc2c(c1NC(=O)Cc1ccc(C(F)(F)F)c(F)c1)CCNC2. The van der Waals surface area contributed by atoms with Crippen molar-refractivity contribution in [3.8, 4) is 0 Å². The summed E-state index contributed by atoms with van der Waals surface area (Å²) in [4.78, 5) is 12.3. The normalized spacial score (nSPS) is 14.0. The summed E-state index contributed by atoms with van der Waals surface area (Å²) in [5.41, 5.74) is 2.69. The molecule has 3 rings (SSSR count). The van der Waals surface area contributed by atoms with Crippen LogP contribution < -0.4 is 10.6 Å². The van der Waals surface area contributed by atoms with Gasteiger partial charge in [-0.15, -0.1) is 0 Å². The average Bonchev–Trinajstić information content (AvgIpc) is 2.56. The molecule has 0 unspecified atom stereocenters. The molecule has 0 aromatic heterocycles. The number of rotatable bonds is 3. The van der Waals surface area contributed by atoms with Crippen LogP contribution in [-0.2, 0) is 30.4 Å². The maximum absolute atomic E-state index is 13.7. The summed E-state index contributed by atoms with van der Waals surface area (Å²) in [5.74, 6) is -1.76. The van der Waals surface area contributed by atoms with Crippen molar-refractivity contribution in [1.82, 2.24) is 5.32 Å². The predicted molar refractivity (Wildman–Crippen MR) is 90.3 cm³/mol. The van der Waals surface area contributed by atoms with Crippen LogP contribution in [0, 0.1) is 12.7 Å². The van der Waals surface area contributed by atoms with E-state index in [2.05, 4.69) is 10.6 Å². The number of hydrogen-bond donors (Lipinski definition) is 2. The Balaban J connectivity index is 1.77. The van der Waals surface area contributed by atoms with Crippen molar-refractivity contribution in [2.45, 2.75) is 32.5 Å². The fourth-order valence-corrected chi connectivity index (χ4v) is 3.14. The van der Waals surface area contributed by atoms with Crippen LogP contribution in [0.1, 0.15) is 27.8 Å². The van der Waals surface area contributed by atoms with Crippen LogP contribution in [0.15, 0.2) is 30.3 Å². The highest BCUT2D eigenvalue weighted by Gasteiger charge is 2.34. The van der Waals surface area contributed by atoms with Gasteiger partial charge in [-0.05, 0) is 54.3 Å². The predicted octanol–water partition coefficient (Wildman–Crippen LogP) is 3.98. The lowest BCUT2D eigenvalue weighted by Gasteiger charge is -2.22. The molecule has 0 fully saturated rings. The van der Waals surface area contributed by atoms with Gasteiger partial charge in [-0.25, -0.2) is 4.39 Å². The third kappa shape index (κ3) is 3.88. The van der Waals surface area contributed by atoms with Gasteiger partial charge in [0.25, 0.3) is 0 Å². The van der Waals surface area contributed by atoms with E-state index in [0.717, 1.165) is 54.0 Å². The van der Waals surface area contributed by atoms with Gasteiger partial charge < -0.3 is 10.6 Å². The number of alkyl halides is 3. The first kappa shape index (κ1) is 18.4. The molecule has 0 atom stereocenters. The number of carbonyl (C=O) groups is 1. The van der Waals surface area contributed by atoms with Crippen molar-refractivity contribution < 1.29 is 22.4 Å². The third-order valence-corrected chi connectivity index (χ3v) is 4.45. The molecule has 0 bridgehead atoms. The van der Waals surface area contributed by atoms with Crippen molar-refractivity contribution in [3.05, 3.63) is 64.0 Å². The number of benzene rings is 2. The number of anilines is 1. The number of fused-ring (bicyclic) bond motifs is 1. The fourth-order valence-electron chi connectivity index (χ4n) is 3.14. The Kier molecular flexibility index (Phi) is 5.00. The highest BCUT2D eigenvalue weighted by atomic mass is 19.4. The monoisotopic (exact) mass is 366 g/mol. The van der Waals surface area contributed by atoms with Crippen molar-refractivity contribution in [1.29, 1.82) is 0 Å². The second kappa shape index (κ2) is 7.07. The molecule has 3 nitrogen and oxygen atoms in total. The summed E-state index contributed by atoms with van der Waals surface area (Å²) in [6.07, 6.45) is -4.17. The molecule has 0 saturated carbocycles. The average molecular weight is 366 g/mol. The molecule has 7 heteroatoms. The number of aryl methyl sites for hydroxylation is 1. The van der Waals surface area contributed by atoms with Gasteiger partial charge in [-0.3, -0.25) is 4.79 Å². The number of nitrogens with one attached hydrogen (secondary N) is 2. The Morgan fingerprint density at radius 1 is 1.23 bits per heavy atom. The molecule has 1 aliphatic rings. The summed E-state index contributed by atoms with van der Waals surface area (Å²) in [6.45, 7) is 3.42. The molecule has 0 radical (unpaired) electrons. The van der Waals surface area contributed by atoms with E-state index in [1.165, 1.54) is 0 Å². The molecule has 1 heterocycles. The molecule has 0 spiro atoms. The van der Waals surface area contributed by atoms with E-state index in [-0.39, 0.29) is 17.9 Å². The minimum absolute atomic E-state index is 0.192. The summed E-state index contributed by atoms with van der Waals surface area (Å²) < 4.78 is 51.5. The zero-order valence-electron chi connectivity index (χ0n) is 14.1. The van der Waals surface area contributed by atoms with Crippen LogP contribution >= 0.6 is 0 Å². The Bertz CT molecular complexity index is 846. The smallest absolute Gasteiger partial charge is 0.325 e. The van der Waals surface area contributed by atoms with Crippen LogP contribution in [0.2, 0.25) is 0 Å². The summed E-state index contributed by atoms with van der Waals surface area (Å²) >= 11 is 0. The maximum Gasteiger partial charge on any atom is 0.419 e. The number of halogens is 4. The lowest BCUT2D eigenvalue weighted by Crippen LogP contribution is -2.26. The lowest BCUT2D eigenvalue weighted by atomic mass is 9.96. The van der Waals surface area contributed by atoms with Gasteiger partial charge in [-0.2, -0.15) is 13.2 Å². The van der Waals surface area contributed by atoms with Crippen molar-refractivity contribution in [3.63, 3.8) is 0 Å². The first-order chi connectivity index (χ1) is 12.3. The third-order valence-electron chi connectivity index (χ3n) is 4.45. The van der Waals surface area contributed by atoms with Crippen LogP contribution in [0.4, 0.5) is 23.2 Å². The Morgan fingerprint density at radius 2 is 2.00 bits per heavy atom. The largest absolute Gasteiger partial charge is 0.419 e. The summed E-state index contributed by atoms with van der Waals surface area (Å²) in [6, 6.07) is 6.48. The molecule has 2 aromatic carbocycles. The van der Waals surface area contributed by atoms with Crippen LogP contribution in [0.5, 0.6) is 0 Å². The van der Waals surface area contributed by atoms with Crippen LogP contribution in [-0.4, -0.2) is 12.5 Å². The molecule has 138 valence electrons. The minimum Gasteiger partial charge on any atom is -0.325 e. The van der Waals surface area contributed by atoms with E-state index in [9.17, 15) is 22.4 Å². The summed E-state index contributed by atoms with van der Waals surface area (Å²) in [7, 11) is 0. The highest BCUT2D eigenvalue weighted by molar-refractivity contribution is 5.94. The zero-order valence-corrected chi connectivity index (χ0v) is 14.1. The molecule has 0 aliphatic carbocycles. The molecular weight excluding hydrogens is 348 g/mol. The van der Waals surface area contributed by atoms with Crippen LogP contribution in [0.25, 0.3) is 0 Å². The van der Waals surface area contributed by atoms with Crippen molar-refractivity contribution >= 4 is 11.6 Å². The Labute approximate surface area is 148 Å². The molecular formula is C19H18F4N2O. The van der Waals surface area contributed by atoms with E-state index < -0.39 is 17.6 Å². The standard InChI is InChI=1S/C19H18F4N2O/c1-11-2-4-13-10-24-7-6-14(13)18(11)25-17(26)9-12-3-5-15(16(20)8-12)19(21,22)23/h2-5,8,24H,6-7,9-10H2,1H3,(H,25,26). The van der Waals surface area contributed by atoms with Gasteiger partial charge in [-0.1, -0.05) is 18.2 Å². The van der Waals surface area contributed by atoms with E-state index >= 15 is 0 Å². The van der Waals surface area contributed by atoms with Gasteiger partial charge in [0.05, 0.1) is 12.0 Å². The van der Waals surface area contributed by atoms with Crippen LogP contribution in [0.3, 0.4) is 0 Å².